The van der Waals surface area contributed by atoms with Gasteiger partial charge in [0.2, 0.25) is 5.89 Å². The third-order valence-electron chi connectivity index (χ3n) is 5.17. The van der Waals surface area contributed by atoms with E-state index in [0.717, 1.165) is 80.4 Å². The van der Waals surface area contributed by atoms with E-state index in [-0.39, 0.29) is 12.4 Å². The zero-order chi connectivity index (χ0) is 20.1. The van der Waals surface area contributed by atoms with E-state index in [4.69, 9.17) is 13.7 Å². The van der Waals surface area contributed by atoms with Gasteiger partial charge in [0.25, 0.3) is 0 Å². The van der Waals surface area contributed by atoms with E-state index in [2.05, 4.69) is 25.6 Å². The minimum absolute atomic E-state index is 0. The van der Waals surface area contributed by atoms with Crippen molar-refractivity contribution < 1.29 is 13.7 Å². The second kappa shape index (κ2) is 10.6. The Hall–Kier alpha value is -2.42. The van der Waals surface area contributed by atoms with Gasteiger partial charge in [-0.2, -0.15) is 0 Å². The van der Waals surface area contributed by atoms with E-state index in [1.165, 1.54) is 0 Å². The molecule has 3 heterocycles. The number of benzene rings is 1. The summed E-state index contributed by atoms with van der Waals surface area (Å²) in [6.07, 6.45) is 2.17. The molecule has 0 bridgehead atoms. The average Bonchev–Trinajstić information content (AvgIpc) is 3.35. The second-order valence-corrected chi connectivity index (χ2v) is 7.25. The molecule has 162 valence electrons. The fourth-order valence-corrected chi connectivity index (χ4v) is 3.64. The van der Waals surface area contributed by atoms with E-state index in [0.29, 0.717) is 11.9 Å². The molecule has 3 aromatic rings. The number of ether oxygens (including phenoxy) is 1. The van der Waals surface area contributed by atoms with Crippen LogP contribution < -0.4 is 5.32 Å². The van der Waals surface area contributed by atoms with Crippen molar-refractivity contribution in [1.82, 2.24) is 20.3 Å². The van der Waals surface area contributed by atoms with Crippen LogP contribution in [0, 0.1) is 13.8 Å². The molecule has 1 saturated heterocycles. The number of nitrogens with zero attached hydrogens (tertiary/aromatic N) is 4. The summed E-state index contributed by atoms with van der Waals surface area (Å²) < 4.78 is 16.6. The molecule has 0 spiro atoms. The van der Waals surface area contributed by atoms with Crippen LogP contribution in [0.2, 0.25) is 0 Å². The molecule has 30 heavy (non-hydrogen) atoms. The van der Waals surface area contributed by atoms with Crippen LogP contribution in [-0.2, 0) is 4.74 Å². The van der Waals surface area contributed by atoms with E-state index < -0.39 is 0 Å². The van der Waals surface area contributed by atoms with Crippen molar-refractivity contribution in [2.24, 2.45) is 0 Å². The van der Waals surface area contributed by atoms with E-state index >= 15 is 0 Å². The summed E-state index contributed by atoms with van der Waals surface area (Å²) in [4.78, 5) is 2.44. The molecular weight excluding hydrogens is 406 g/mol. The third kappa shape index (κ3) is 5.19. The summed E-state index contributed by atoms with van der Waals surface area (Å²) in [5.74, 6) is 1.25. The number of morpholine rings is 1. The van der Waals surface area contributed by atoms with Gasteiger partial charge < -0.3 is 19.0 Å². The molecule has 1 N–H and O–H groups in total. The number of aryl methyl sites for hydroxylation is 2. The van der Waals surface area contributed by atoms with Crippen LogP contribution in [0.1, 0.15) is 24.3 Å². The Morgan fingerprint density at radius 2 is 1.80 bits per heavy atom. The van der Waals surface area contributed by atoms with Gasteiger partial charge >= 0.3 is 6.01 Å². The molecule has 1 aromatic carbocycles. The smallest absolute Gasteiger partial charge is 0.315 e. The van der Waals surface area contributed by atoms with Crippen LogP contribution in [0.25, 0.3) is 22.6 Å². The van der Waals surface area contributed by atoms with Crippen LogP contribution in [-0.4, -0.2) is 59.6 Å². The van der Waals surface area contributed by atoms with Gasteiger partial charge in [-0.1, -0.05) is 28.5 Å². The molecule has 4 rings (SSSR count). The van der Waals surface area contributed by atoms with Crippen molar-refractivity contribution in [2.75, 3.05) is 44.7 Å². The Balaban J connectivity index is 0.00000256. The van der Waals surface area contributed by atoms with Crippen LogP contribution in [0.15, 0.2) is 33.2 Å². The zero-order valence-electron chi connectivity index (χ0n) is 17.4. The Bertz CT molecular complexity index is 917. The Labute approximate surface area is 182 Å². The molecule has 1 fully saturated rings. The number of halogens is 1. The van der Waals surface area contributed by atoms with Gasteiger partial charge in [0.05, 0.1) is 18.9 Å². The number of aromatic nitrogens is 3. The number of unbranched alkanes of at least 4 members (excludes halogenated alkanes) is 1. The molecule has 0 radical (unpaired) electrons. The first-order chi connectivity index (χ1) is 14.2. The minimum Gasteiger partial charge on any atom is -0.403 e. The zero-order valence-corrected chi connectivity index (χ0v) is 18.2. The molecule has 9 heteroatoms. The maximum absolute atomic E-state index is 5.87. The highest BCUT2D eigenvalue weighted by Gasteiger charge is 2.19. The van der Waals surface area contributed by atoms with Crippen molar-refractivity contribution in [3.05, 3.63) is 35.7 Å². The van der Waals surface area contributed by atoms with Crippen LogP contribution in [0.3, 0.4) is 0 Å². The maximum Gasteiger partial charge on any atom is 0.315 e. The number of anilines is 1. The topological polar surface area (TPSA) is 89.5 Å². The normalized spacial score (nSPS) is 14.5. The summed E-state index contributed by atoms with van der Waals surface area (Å²) in [5, 5.41) is 15.7. The molecular formula is C21H28ClN5O3. The summed E-state index contributed by atoms with van der Waals surface area (Å²) >= 11 is 0. The van der Waals surface area contributed by atoms with E-state index in [9.17, 15) is 0 Å². The highest BCUT2D eigenvalue weighted by molar-refractivity contribution is 5.85. The largest absolute Gasteiger partial charge is 0.403 e. The lowest BCUT2D eigenvalue weighted by Gasteiger charge is -2.26. The predicted molar refractivity (Wildman–Crippen MR) is 117 cm³/mol. The minimum atomic E-state index is 0. The van der Waals surface area contributed by atoms with Gasteiger partial charge in [-0.3, -0.25) is 4.90 Å². The SMILES string of the molecule is Cc1noc(C)c1-c1ccccc1-c1nnc(NCCCCN2CCOCC2)o1.Cl. The standard InChI is InChI=1S/C21H27N5O3.ClH/c1-15-19(16(2)29-25-15)17-7-3-4-8-18(17)20-23-24-21(28-20)22-9-5-6-10-26-11-13-27-14-12-26;/h3-4,7-8H,5-6,9-14H2,1-2H3,(H,22,24);1H. The molecule has 0 unspecified atom stereocenters. The Morgan fingerprint density at radius 1 is 1.03 bits per heavy atom. The lowest BCUT2D eigenvalue weighted by Crippen LogP contribution is -2.36. The molecule has 0 aliphatic carbocycles. The van der Waals surface area contributed by atoms with Crippen LogP contribution >= 0.6 is 12.4 Å². The summed E-state index contributed by atoms with van der Waals surface area (Å²) in [7, 11) is 0. The molecule has 0 amide bonds. The van der Waals surface area contributed by atoms with Gasteiger partial charge in [0.15, 0.2) is 0 Å². The van der Waals surface area contributed by atoms with Gasteiger partial charge in [-0.15, -0.1) is 17.5 Å². The van der Waals surface area contributed by atoms with Crippen molar-refractivity contribution in [3.63, 3.8) is 0 Å². The lowest BCUT2D eigenvalue weighted by atomic mass is 9.98. The van der Waals surface area contributed by atoms with Crippen molar-refractivity contribution >= 4 is 18.4 Å². The first-order valence-corrected chi connectivity index (χ1v) is 10.1. The van der Waals surface area contributed by atoms with Crippen molar-refractivity contribution in [1.29, 1.82) is 0 Å². The highest BCUT2D eigenvalue weighted by Crippen LogP contribution is 2.35. The fraction of sp³-hybridized carbons (Fsp3) is 0.476. The number of nitrogens with one attached hydrogen (secondary N) is 1. The maximum atomic E-state index is 5.87. The molecule has 0 saturated carbocycles. The third-order valence-corrected chi connectivity index (χ3v) is 5.17. The number of hydrogen-bond acceptors (Lipinski definition) is 8. The van der Waals surface area contributed by atoms with Crippen molar-refractivity contribution in [2.45, 2.75) is 26.7 Å². The first kappa shape index (κ1) is 22.3. The molecule has 0 atom stereocenters. The summed E-state index contributed by atoms with van der Waals surface area (Å²) in [6, 6.07) is 8.38. The second-order valence-electron chi connectivity index (χ2n) is 7.25. The monoisotopic (exact) mass is 433 g/mol. The van der Waals surface area contributed by atoms with Gasteiger partial charge in [0, 0.05) is 30.8 Å². The number of hydrogen-bond donors (Lipinski definition) is 1. The Kier molecular flexibility index (Phi) is 7.84. The van der Waals surface area contributed by atoms with Crippen LogP contribution in [0.5, 0.6) is 0 Å². The lowest BCUT2D eigenvalue weighted by molar-refractivity contribution is 0.0373. The quantitative estimate of drug-likeness (QED) is 0.534. The molecule has 1 aliphatic rings. The highest BCUT2D eigenvalue weighted by atomic mass is 35.5. The first-order valence-electron chi connectivity index (χ1n) is 10.1. The van der Waals surface area contributed by atoms with Crippen LogP contribution in [0.4, 0.5) is 6.01 Å². The van der Waals surface area contributed by atoms with Crippen molar-refractivity contribution in [3.8, 4) is 22.6 Å². The summed E-state index contributed by atoms with van der Waals surface area (Å²) in [5.41, 5.74) is 3.66. The predicted octanol–water partition coefficient (Wildman–Crippen LogP) is 3.95. The fourth-order valence-electron chi connectivity index (χ4n) is 3.64. The van der Waals surface area contributed by atoms with E-state index in [1.54, 1.807) is 0 Å². The molecule has 2 aromatic heterocycles. The number of rotatable bonds is 8. The molecule has 1 aliphatic heterocycles. The van der Waals surface area contributed by atoms with Gasteiger partial charge in [0.1, 0.15) is 5.76 Å². The van der Waals surface area contributed by atoms with Gasteiger partial charge in [-0.05, 0) is 44.9 Å². The summed E-state index contributed by atoms with van der Waals surface area (Å²) in [6.45, 7) is 9.50. The van der Waals surface area contributed by atoms with E-state index in [1.807, 2.05) is 38.1 Å². The molecule has 8 nitrogen and oxygen atoms in total. The van der Waals surface area contributed by atoms with Gasteiger partial charge in [-0.25, -0.2) is 0 Å². The average molecular weight is 434 g/mol. The Morgan fingerprint density at radius 3 is 2.53 bits per heavy atom.